The van der Waals surface area contributed by atoms with Crippen molar-refractivity contribution in [2.75, 3.05) is 5.32 Å². The maximum absolute atomic E-state index is 13.1. The van der Waals surface area contributed by atoms with Crippen LogP contribution in [0, 0.1) is 5.82 Å². The van der Waals surface area contributed by atoms with E-state index in [-0.39, 0.29) is 12.3 Å². The lowest BCUT2D eigenvalue weighted by Crippen LogP contribution is -2.14. The summed E-state index contributed by atoms with van der Waals surface area (Å²) in [5.41, 5.74) is 1.30. The van der Waals surface area contributed by atoms with Gasteiger partial charge in [0.05, 0.1) is 12.1 Å². The van der Waals surface area contributed by atoms with E-state index in [2.05, 4.69) is 33.9 Å². The molecule has 0 spiro atoms. The number of benzene rings is 2. The van der Waals surface area contributed by atoms with Gasteiger partial charge in [0.15, 0.2) is 0 Å². The second-order valence-electron chi connectivity index (χ2n) is 4.02. The summed E-state index contributed by atoms with van der Waals surface area (Å²) >= 11 is 7.44. The summed E-state index contributed by atoms with van der Waals surface area (Å²) in [4.78, 5) is 12.7. The Morgan fingerprint density at radius 1 is 1.21 bits per heavy atom. The Morgan fingerprint density at radius 3 is 2.58 bits per heavy atom. The van der Waals surface area contributed by atoms with Gasteiger partial charge >= 0.3 is 0 Å². The Labute approximate surface area is 124 Å². The first-order valence-electron chi connectivity index (χ1n) is 5.57. The van der Waals surface area contributed by atoms with Crippen LogP contribution in [0.3, 0.4) is 0 Å². The number of nitrogens with one attached hydrogen (secondary N) is 1. The molecule has 2 aromatic carbocycles. The average molecular weight is 340 g/mol. The average Bonchev–Trinajstić information content (AvgIpc) is 2.37. The molecule has 0 aromatic heterocycles. The van der Waals surface area contributed by atoms with Crippen molar-refractivity contribution < 1.29 is 9.18 Å². The molecule has 1 N–H and O–H groups in total. The van der Waals surface area contributed by atoms with Crippen molar-refractivity contribution in [1.82, 2.24) is 0 Å². The molecule has 5 heteroatoms. The van der Waals surface area contributed by atoms with E-state index in [1.807, 2.05) is 24.3 Å². The van der Waals surface area contributed by atoms with Crippen molar-refractivity contribution in [1.29, 1.82) is 0 Å². The van der Waals surface area contributed by atoms with Crippen molar-refractivity contribution in [2.24, 2.45) is 0 Å². The molecule has 0 unspecified atom stereocenters. The number of anilines is 1. The lowest BCUT2D eigenvalue weighted by molar-refractivity contribution is -0.115. The molecule has 0 aliphatic rings. The van der Waals surface area contributed by atoms with Crippen LogP contribution in [-0.4, -0.2) is 5.91 Å². The van der Waals surface area contributed by atoms with Crippen LogP contribution in [-0.2, 0) is 11.2 Å². The Morgan fingerprint density at radius 2 is 1.89 bits per heavy atom. The minimum absolute atomic E-state index is 0.196. The van der Waals surface area contributed by atoms with Gasteiger partial charge in [-0.15, -0.1) is 12.6 Å². The van der Waals surface area contributed by atoms with Crippen molar-refractivity contribution in [3.63, 3.8) is 0 Å². The van der Waals surface area contributed by atoms with Crippen LogP contribution in [0.2, 0.25) is 0 Å². The molecule has 0 atom stereocenters. The Balaban J connectivity index is 2.05. The number of hydrogen-bond donors (Lipinski definition) is 2. The van der Waals surface area contributed by atoms with Crippen LogP contribution < -0.4 is 5.32 Å². The molecule has 0 aliphatic heterocycles. The third-order valence-corrected chi connectivity index (χ3v) is 3.49. The van der Waals surface area contributed by atoms with Crippen LogP contribution in [0.5, 0.6) is 0 Å². The first kappa shape index (κ1) is 14.1. The van der Waals surface area contributed by atoms with E-state index >= 15 is 0 Å². The molecule has 0 saturated carbocycles. The SMILES string of the molecule is O=C(Cc1ccc(S)cc1)Nc1cc(F)ccc1Br. The summed E-state index contributed by atoms with van der Waals surface area (Å²) in [6.45, 7) is 0. The lowest BCUT2D eigenvalue weighted by Gasteiger charge is -2.07. The van der Waals surface area contributed by atoms with Crippen molar-refractivity contribution in [3.05, 3.63) is 58.3 Å². The maximum atomic E-state index is 13.1. The smallest absolute Gasteiger partial charge is 0.228 e. The summed E-state index contributed by atoms with van der Waals surface area (Å²) < 4.78 is 13.7. The molecule has 1 amide bonds. The van der Waals surface area contributed by atoms with E-state index in [9.17, 15) is 9.18 Å². The van der Waals surface area contributed by atoms with E-state index in [1.165, 1.54) is 12.1 Å². The van der Waals surface area contributed by atoms with Crippen LogP contribution in [0.25, 0.3) is 0 Å². The van der Waals surface area contributed by atoms with E-state index in [0.29, 0.717) is 10.2 Å². The molecule has 0 fully saturated rings. The van der Waals surface area contributed by atoms with Gasteiger partial charge in [-0.05, 0) is 51.8 Å². The zero-order valence-corrected chi connectivity index (χ0v) is 12.3. The van der Waals surface area contributed by atoms with E-state index in [1.54, 1.807) is 6.07 Å². The number of carbonyl (C=O) groups excluding carboxylic acids is 1. The Hall–Kier alpha value is -1.33. The topological polar surface area (TPSA) is 29.1 Å². The number of carbonyl (C=O) groups is 1. The van der Waals surface area contributed by atoms with E-state index in [0.717, 1.165) is 10.5 Å². The molecule has 0 bridgehead atoms. The molecule has 19 heavy (non-hydrogen) atoms. The van der Waals surface area contributed by atoms with Crippen molar-refractivity contribution >= 4 is 40.2 Å². The normalized spacial score (nSPS) is 10.3. The zero-order valence-electron chi connectivity index (χ0n) is 9.86. The third-order valence-electron chi connectivity index (χ3n) is 2.50. The van der Waals surface area contributed by atoms with Gasteiger partial charge in [-0.3, -0.25) is 4.79 Å². The van der Waals surface area contributed by atoms with Crippen LogP contribution in [0.4, 0.5) is 10.1 Å². The highest BCUT2D eigenvalue weighted by Gasteiger charge is 2.07. The number of thiol groups is 1. The molecule has 0 radical (unpaired) electrons. The molecule has 98 valence electrons. The molecule has 2 rings (SSSR count). The third kappa shape index (κ3) is 4.08. The zero-order chi connectivity index (χ0) is 13.8. The first-order chi connectivity index (χ1) is 9.04. The molecule has 2 nitrogen and oxygen atoms in total. The van der Waals surface area contributed by atoms with Gasteiger partial charge in [0, 0.05) is 9.37 Å². The van der Waals surface area contributed by atoms with Gasteiger partial charge < -0.3 is 5.32 Å². The molecule has 2 aromatic rings. The van der Waals surface area contributed by atoms with Crippen molar-refractivity contribution in [2.45, 2.75) is 11.3 Å². The summed E-state index contributed by atoms with van der Waals surface area (Å²) in [7, 11) is 0. The summed E-state index contributed by atoms with van der Waals surface area (Å²) in [5, 5.41) is 2.67. The standard InChI is InChI=1S/C14H11BrFNOS/c15-12-6-3-10(16)8-13(12)17-14(18)7-9-1-4-11(19)5-2-9/h1-6,8,19H,7H2,(H,17,18). The summed E-state index contributed by atoms with van der Waals surface area (Å²) in [6.07, 6.45) is 0.233. The molecular weight excluding hydrogens is 329 g/mol. The van der Waals surface area contributed by atoms with Crippen LogP contribution in [0.15, 0.2) is 51.8 Å². The van der Waals surface area contributed by atoms with Crippen LogP contribution >= 0.6 is 28.6 Å². The highest BCUT2D eigenvalue weighted by Crippen LogP contribution is 2.23. The van der Waals surface area contributed by atoms with Gasteiger partial charge in [-0.1, -0.05) is 12.1 Å². The monoisotopic (exact) mass is 339 g/mol. The fourth-order valence-corrected chi connectivity index (χ4v) is 2.08. The molecule has 0 heterocycles. The maximum Gasteiger partial charge on any atom is 0.228 e. The number of halogens is 2. The molecule has 0 aliphatic carbocycles. The summed E-state index contributed by atoms with van der Waals surface area (Å²) in [6, 6.07) is 11.5. The Kier molecular flexibility index (Phi) is 4.61. The fourth-order valence-electron chi connectivity index (χ4n) is 1.59. The highest BCUT2D eigenvalue weighted by molar-refractivity contribution is 9.10. The lowest BCUT2D eigenvalue weighted by atomic mass is 10.1. The molecular formula is C14H11BrFNOS. The quantitative estimate of drug-likeness (QED) is 0.811. The van der Waals surface area contributed by atoms with E-state index in [4.69, 9.17) is 0 Å². The second kappa shape index (κ2) is 6.21. The minimum Gasteiger partial charge on any atom is -0.325 e. The van der Waals surface area contributed by atoms with Crippen LogP contribution in [0.1, 0.15) is 5.56 Å². The highest BCUT2D eigenvalue weighted by atomic mass is 79.9. The fraction of sp³-hybridized carbons (Fsp3) is 0.0714. The summed E-state index contributed by atoms with van der Waals surface area (Å²) in [5.74, 6) is -0.587. The number of hydrogen-bond acceptors (Lipinski definition) is 2. The molecule has 0 saturated heterocycles. The van der Waals surface area contributed by atoms with Gasteiger partial charge in [0.2, 0.25) is 5.91 Å². The minimum atomic E-state index is -0.391. The second-order valence-corrected chi connectivity index (χ2v) is 5.39. The Bertz CT molecular complexity index is 601. The largest absolute Gasteiger partial charge is 0.325 e. The van der Waals surface area contributed by atoms with Gasteiger partial charge in [-0.25, -0.2) is 4.39 Å². The van der Waals surface area contributed by atoms with Gasteiger partial charge in [0.25, 0.3) is 0 Å². The predicted octanol–water partition coefficient (Wildman–Crippen LogP) is 4.06. The number of rotatable bonds is 3. The number of amides is 1. The first-order valence-corrected chi connectivity index (χ1v) is 6.81. The van der Waals surface area contributed by atoms with E-state index < -0.39 is 5.82 Å². The van der Waals surface area contributed by atoms with Crippen molar-refractivity contribution in [3.8, 4) is 0 Å². The predicted molar refractivity (Wildman–Crippen MR) is 80.1 cm³/mol. The van der Waals surface area contributed by atoms with Gasteiger partial charge in [-0.2, -0.15) is 0 Å². The van der Waals surface area contributed by atoms with Gasteiger partial charge in [0.1, 0.15) is 5.82 Å².